The van der Waals surface area contributed by atoms with E-state index >= 15 is 0 Å². The zero-order chi connectivity index (χ0) is 15.7. The summed E-state index contributed by atoms with van der Waals surface area (Å²) in [5.74, 6) is 1.13. The van der Waals surface area contributed by atoms with Gasteiger partial charge in [0.2, 0.25) is 0 Å². The topological polar surface area (TPSA) is 60.4 Å². The van der Waals surface area contributed by atoms with E-state index in [4.69, 9.17) is 3.63 Å². The Kier molecular flexibility index (Phi) is 8.90. The minimum atomic E-state index is -3.48. The summed E-state index contributed by atoms with van der Waals surface area (Å²) in [6.45, 7) is 1.78. The van der Waals surface area contributed by atoms with Gasteiger partial charge in [-0.15, -0.1) is 0 Å². The third-order valence-corrected chi connectivity index (χ3v) is 7.24. The SMILES string of the molecule is CCC(=O)C[S+](C)OS(=O)(=O)CCCCC1CCCCC1. The molecule has 0 bridgehead atoms. The van der Waals surface area contributed by atoms with E-state index in [1.165, 1.54) is 32.1 Å². The highest BCUT2D eigenvalue weighted by Crippen LogP contribution is 2.27. The summed E-state index contributed by atoms with van der Waals surface area (Å²) >= 11 is -0.817. The Labute approximate surface area is 132 Å². The largest absolute Gasteiger partial charge is 0.311 e. The van der Waals surface area contributed by atoms with Crippen molar-refractivity contribution in [3.8, 4) is 0 Å². The average molecular weight is 338 g/mol. The normalized spacial score (nSPS) is 18.6. The lowest BCUT2D eigenvalue weighted by molar-refractivity contribution is -0.116. The zero-order valence-corrected chi connectivity index (χ0v) is 14.9. The summed E-state index contributed by atoms with van der Waals surface area (Å²) in [5, 5.41) is 0. The molecule has 1 aliphatic carbocycles. The standard InChI is InChI=1S/C15H29O4S2/c1-3-15(16)13-20(2)19-21(17,18)12-8-7-11-14-9-5-4-6-10-14/h14H,3-13H2,1-2H3/q+1. The third kappa shape index (κ3) is 8.83. The number of carbonyl (C=O) groups excluding carboxylic acids is 1. The summed E-state index contributed by atoms with van der Waals surface area (Å²) in [6, 6.07) is 0. The molecule has 0 aromatic heterocycles. The molecule has 0 N–H and O–H groups in total. The summed E-state index contributed by atoms with van der Waals surface area (Å²) in [4.78, 5) is 11.3. The molecule has 0 aromatic rings. The molecule has 0 amide bonds. The van der Waals surface area contributed by atoms with Crippen LogP contribution < -0.4 is 0 Å². The van der Waals surface area contributed by atoms with Crippen LogP contribution in [0, 0.1) is 5.92 Å². The van der Waals surface area contributed by atoms with Gasteiger partial charge in [0.1, 0.15) is 6.26 Å². The van der Waals surface area contributed by atoms with Crippen molar-refractivity contribution < 1.29 is 16.8 Å². The van der Waals surface area contributed by atoms with Gasteiger partial charge in [0.05, 0.1) is 5.75 Å². The Balaban J connectivity index is 2.18. The Morgan fingerprint density at radius 3 is 2.48 bits per heavy atom. The van der Waals surface area contributed by atoms with Gasteiger partial charge < -0.3 is 0 Å². The Hall–Kier alpha value is -0.0700. The Bertz CT molecular complexity index is 400. The predicted molar refractivity (Wildman–Crippen MR) is 88.8 cm³/mol. The van der Waals surface area contributed by atoms with Gasteiger partial charge >= 0.3 is 10.1 Å². The lowest BCUT2D eigenvalue weighted by atomic mass is 9.86. The highest BCUT2D eigenvalue weighted by atomic mass is 32.3. The summed E-state index contributed by atoms with van der Waals surface area (Å²) < 4.78 is 28.8. The van der Waals surface area contributed by atoms with E-state index in [-0.39, 0.29) is 17.3 Å². The summed E-state index contributed by atoms with van der Waals surface area (Å²) in [7, 11) is -3.48. The van der Waals surface area contributed by atoms with E-state index in [0.717, 1.165) is 18.8 Å². The first-order valence-corrected chi connectivity index (χ1v) is 11.3. The maximum absolute atomic E-state index is 11.8. The van der Waals surface area contributed by atoms with E-state index in [2.05, 4.69) is 0 Å². The molecule has 4 nitrogen and oxygen atoms in total. The maximum Gasteiger partial charge on any atom is 0.311 e. The van der Waals surface area contributed by atoms with Crippen molar-refractivity contribution in [3.63, 3.8) is 0 Å². The molecule has 1 saturated carbocycles. The maximum atomic E-state index is 11.8. The van der Waals surface area contributed by atoms with Gasteiger partial charge in [-0.05, 0) is 16.0 Å². The smallest absolute Gasteiger partial charge is 0.294 e. The molecule has 1 unspecified atom stereocenters. The minimum Gasteiger partial charge on any atom is -0.294 e. The van der Waals surface area contributed by atoms with Crippen molar-refractivity contribution in [1.82, 2.24) is 0 Å². The molecule has 0 saturated heterocycles. The molecule has 0 radical (unpaired) electrons. The number of Topliss-reactive ketones (excluding diaryl/α,β-unsaturated/α-hetero) is 1. The van der Waals surface area contributed by atoms with Gasteiger partial charge in [-0.2, -0.15) is 8.42 Å². The molecule has 21 heavy (non-hydrogen) atoms. The summed E-state index contributed by atoms with van der Waals surface area (Å²) in [5.41, 5.74) is 0. The first kappa shape index (κ1) is 19.0. The van der Waals surface area contributed by atoms with Gasteiger partial charge in [-0.25, -0.2) is 0 Å². The zero-order valence-electron chi connectivity index (χ0n) is 13.3. The Morgan fingerprint density at radius 2 is 1.86 bits per heavy atom. The van der Waals surface area contributed by atoms with Gasteiger partial charge in [0.25, 0.3) is 0 Å². The molecule has 1 aliphatic rings. The van der Waals surface area contributed by atoms with Crippen LogP contribution in [-0.2, 0) is 29.7 Å². The van der Waals surface area contributed by atoms with Gasteiger partial charge in [-0.1, -0.05) is 51.9 Å². The van der Waals surface area contributed by atoms with E-state index in [9.17, 15) is 13.2 Å². The molecule has 124 valence electrons. The van der Waals surface area contributed by atoms with Crippen LogP contribution in [0.3, 0.4) is 0 Å². The number of hydrogen-bond acceptors (Lipinski definition) is 4. The molecule has 0 aromatic carbocycles. The van der Waals surface area contributed by atoms with E-state index < -0.39 is 21.3 Å². The second-order valence-electron chi connectivity index (χ2n) is 5.94. The van der Waals surface area contributed by atoms with Crippen LogP contribution in [0.2, 0.25) is 0 Å². The fourth-order valence-corrected chi connectivity index (χ4v) is 5.85. The van der Waals surface area contributed by atoms with Gasteiger partial charge in [-0.3, -0.25) is 4.79 Å². The van der Waals surface area contributed by atoms with Crippen LogP contribution in [0.1, 0.15) is 64.7 Å². The quantitative estimate of drug-likeness (QED) is 0.453. The first-order chi connectivity index (χ1) is 9.93. The van der Waals surface area contributed by atoms with Crippen molar-refractivity contribution in [1.29, 1.82) is 0 Å². The molecule has 1 rings (SSSR count). The third-order valence-electron chi connectivity index (χ3n) is 3.96. The van der Waals surface area contributed by atoms with Gasteiger partial charge in [0.15, 0.2) is 22.7 Å². The van der Waals surface area contributed by atoms with Crippen molar-refractivity contribution in [2.24, 2.45) is 5.92 Å². The number of rotatable bonds is 10. The van der Waals surface area contributed by atoms with Crippen LogP contribution >= 0.6 is 0 Å². The van der Waals surface area contributed by atoms with E-state index in [1.54, 1.807) is 13.2 Å². The molecule has 6 heteroatoms. The lowest BCUT2D eigenvalue weighted by Gasteiger charge is -2.21. The number of ketones is 1. The van der Waals surface area contributed by atoms with Crippen LogP contribution in [0.25, 0.3) is 0 Å². The second-order valence-corrected chi connectivity index (χ2v) is 9.44. The fourth-order valence-electron chi connectivity index (χ4n) is 2.75. The van der Waals surface area contributed by atoms with Gasteiger partial charge in [0, 0.05) is 6.42 Å². The highest BCUT2D eigenvalue weighted by Gasteiger charge is 2.26. The molecule has 1 fully saturated rings. The summed E-state index contributed by atoms with van der Waals surface area (Å²) in [6.07, 6.45) is 11.5. The van der Waals surface area contributed by atoms with Crippen molar-refractivity contribution in [3.05, 3.63) is 0 Å². The van der Waals surface area contributed by atoms with E-state index in [0.29, 0.717) is 12.8 Å². The fraction of sp³-hybridized carbons (Fsp3) is 0.933. The van der Waals surface area contributed by atoms with Crippen LogP contribution in [0.15, 0.2) is 0 Å². The number of hydrogen-bond donors (Lipinski definition) is 0. The monoisotopic (exact) mass is 337 g/mol. The van der Waals surface area contributed by atoms with E-state index in [1.807, 2.05) is 0 Å². The number of carbonyl (C=O) groups is 1. The number of unbranched alkanes of at least 4 members (excludes halogenated alkanes) is 1. The average Bonchev–Trinajstić information content (AvgIpc) is 2.44. The highest BCUT2D eigenvalue weighted by molar-refractivity contribution is 8.02. The van der Waals surface area contributed by atoms with Crippen LogP contribution in [0.4, 0.5) is 0 Å². The van der Waals surface area contributed by atoms with Crippen LogP contribution in [-0.4, -0.2) is 32.0 Å². The molecule has 1 atom stereocenters. The molecular formula is C15H29O4S2+. The molecule has 0 heterocycles. The second kappa shape index (κ2) is 9.85. The van der Waals surface area contributed by atoms with Crippen molar-refractivity contribution in [2.45, 2.75) is 64.7 Å². The molecule has 0 aliphatic heterocycles. The first-order valence-electron chi connectivity index (χ1n) is 8.00. The Morgan fingerprint density at radius 1 is 1.19 bits per heavy atom. The van der Waals surface area contributed by atoms with Crippen molar-refractivity contribution >= 4 is 27.1 Å². The minimum absolute atomic E-state index is 0.0494. The predicted octanol–water partition coefficient (Wildman–Crippen LogP) is 3.23. The molecular weight excluding hydrogens is 308 g/mol. The lowest BCUT2D eigenvalue weighted by Crippen LogP contribution is -2.22. The van der Waals surface area contributed by atoms with Crippen molar-refractivity contribution in [2.75, 3.05) is 17.8 Å². The van der Waals surface area contributed by atoms with Crippen LogP contribution in [0.5, 0.6) is 0 Å². The molecule has 0 spiro atoms.